The van der Waals surface area contributed by atoms with Crippen LogP contribution in [0.2, 0.25) is 0 Å². The minimum absolute atomic E-state index is 0. The predicted molar refractivity (Wildman–Crippen MR) is 137 cm³/mol. The van der Waals surface area contributed by atoms with Crippen molar-refractivity contribution >= 4 is 64.4 Å². The number of thioether (sulfide) groups is 2. The molecule has 1 unspecified atom stereocenters. The van der Waals surface area contributed by atoms with E-state index in [0.717, 1.165) is 42.0 Å². The molecule has 5 rings (SSSR count). The number of amidine groups is 2. The van der Waals surface area contributed by atoms with Crippen LogP contribution in [-0.4, -0.2) is 33.6 Å². The van der Waals surface area contributed by atoms with Crippen molar-refractivity contribution in [2.24, 2.45) is 9.98 Å². The van der Waals surface area contributed by atoms with Crippen molar-refractivity contribution in [3.63, 3.8) is 0 Å². The molecule has 30 heavy (non-hydrogen) atoms. The van der Waals surface area contributed by atoms with Gasteiger partial charge in [0.25, 0.3) is 0 Å². The topological polar surface area (TPSA) is 40.0 Å². The lowest BCUT2D eigenvalue weighted by atomic mass is 10.1. The SMILES string of the molecule is C1=C(CSC2=NCc3ccccc3N2)N2CC(CCc3ccccc3)N=C2S1.Cl.Cl. The molecular weight excluding hydrogens is 455 g/mol. The van der Waals surface area contributed by atoms with Gasteiger partial charge in [0.05, 0.1) is 12.6 Å². The average molecular weight is 480 g/mol. The van der Waals surface area contributed by atoms with Gasteiger partial charge in [-0.1, -0.05) is 72.1 Å². The van der Waals surface area contributed by atoms with Crippen molar-refractivity contribution in [1.82, 2.24) is 4.90 Å². The van der Waals surface area contributed by atoms with E-state index in [4.69, 9.17) is 4.99 Å². The van der Waals surface area contributed by atoms with Gasteiger partial charge in [0, 0.05) is 23.7 Å². The van der Waals surface area contributed by atoms with Crippen LogP contribution >= 0.6 is 48.3 Å². The summed E-state index contributed by atoms with van der Waals surface area (Å²) in [5.41, 5.74) is 5.19. The first-order chi connectivity index (χ1) is 13.8. The minimum atomic E-state index is 0. The van der Waals surface area contributed by atoms with Crippen LogP contribution in [-0.2, 0) is 13.0 Å². The number of benzene rings is 2. The predicted octanol–water partition coefficient (Wildman–Crippen LogP) is 5.81. The Morgan fingerprint density at radius 1 is 1.07 bits per heavy atom. The number of para-hydroxylation sites is 1. The lowest BCUT2D eigenvalue weighted by molar-refractivity contribution is 0.496. The quantitative estimate of drug-likeness (QED) is 0.588. The molecule has 158 valence electrons. The van der Waals surface area contributed by atoms with Crippen molar-refractivity contribution in [3.8, 4) is 0 Å². The summed E-state index contributed by atoms with van der Waals surface area (Å²) in [5, 5.41) is 7.88. The Hall–Kier alpha value is -1.60. The van der Waals surface area contributed by atoms with E-state index < -0.39 is 0 Å². The Balaban J connectivity index is 0.00000128. The van der Waals surface area contributed by atoms with Crippen LogP contribution in [0.25, 0.3) is 0 Å². The molecule has 0 fully saturated rings. The van der Waals surface area contributed by atoms with Gasteiger partial charge in [-0.15, -0.1) is 24.8 Å². The molecule has 0 radical (unpaired) electrons. The van der Waals surface area contributed by atoms with Gasteiger partial charge in [-0.3, -0.25) is 9.98 Å². The van der Waals surface area contributed by atoms with E-state index in [0.29, 0.717) is 6.04 Å². The molecule has 0 aromatic heterocycles. The summed E-state index contributed by atoms with van der Waals surface area (Å²) >= 11 is 3.54. The summed E-state index contributed by atoms with van der Waals surface area (Å²) in [7, 11) is 0. The van der Waals surface area contributed by atoms with Gasteiger partial charge < -0.3 is 10.2 Å². The van der Waals surface area contributed by atoms with Gasteiger partial charge in [0.2, 0.25) is 0 Å². The van der Waals surface area contributed by atoms with Crippen molar-refractivity contribution in [3.05, 3.63) is 76.8 Å². The molecular formula is C22H24Cl2N4S2. The second-order valence-corrected chi connectivity index (χ2v) is 8.92. The normalized spacial score (nSPS) is 18.7. The maximum Gasteiger partial charge on any atom is 0.168 e. The maximum absolute atomic E-state index is 4.94. The highest BCUT2D eigenvalue weighted by Crippen LogP contribution is 2.34. The molecule has 0 saturated heterocycles. The monoisotopic (exact) mass is 478 g/mol. The standard InChI is InChI=1S/C22H22N4S2.2ClH/c1-2-6-16(7-3-1)10-11-18-13-26-19(15-28-22(26)24-18)14-27-21-23-12-17-8-4-5-9-20(17)25-21;;/h1-9,15,18H,10-14H2,(H,23,25);2*1H. The molecule has 2 aromatic carbocycles. The number of rotatable bonds is 5. The van der Waals surface area contributed by atoms with Crippen LogP contribution in [0.4, 0.5) is 5.69 Å². The first-order valence-corrected chi connectivity index (χ1v) is 11.5. The van der Waals surface area contributed by atoms with Crippen molar-refractivity contribution < 1.29 is 0 Å². The van der Waals surface area contributed by atoms with E-state index in [2.05, 4.69) is 75.2 Å². The third-order valence-electron chi connectivity index (χ3n) is 5.18. The third-order valence-corrected chi connectivity index (χ3v) is 7.05. The van der Waals surface area contributed by atoms with Crippen LogP contribution in [0.5, 0.6) is 0 Å². The molecule has 3 aliphatic rings. The summed E-state index contributed by atoms with van der Waals surface area (Å²) in [5.74, 6) is 0.922. The average Bonchev–Trinajstić information content (AvgIpc) is 3.32. The molecule has 0 saturated carbocycles. The van der Waals surface area contributed by atoms with Crippen LogP contribution in [0.3, 0.4) is 0 Å². The number of aliphatic imine (C=N–C) groups is 2. The highest BCUT2D eigenvalue weighted by Gasteiger charge is 2.31. The Morgan fingerprint density at radius 2 is 1.87 bits per heavy atom. The summed E-state index contributed by atoms with van der Waals surface area (Å²) in [4.78, 5) is 12.0. The lowest BCUT2D eigenvalue weighted by Crippen LogP contribution is -2.26. The Kier molecular flexibility index (Phi) is 8.17. The molecule has 8 heteroatoms. The van der Waals surface area contributed by atoms with Gasteiger partial charge in [0.1, 0.15) is 0 Å². The number of nitrogens with zero attached hydrogens (tertiary/aromatic N) is 3. The van der Waals surface area contributed by atoms with Crippen molar-refractivity contribution in [1.29, 1.82) is 0 Å². The van der Waals surface area contributed by atoms with E-state index in [9.17, 15) is 0 Å². The number of nitrogens with one attached hydrogen (secondary N) is 1. The Morgan fingerprint density at radius 3 is 2.73 bits per heavy atom. The van der Waals surface area contributed by atoms with Crippen LogP contribution in [0.15, 0.2) is 75.7 Å². The second-order valence-electron chi connectivity index (χ2n) is 7.12. The van der Waals surface area contributed by atoms with Gasteiger partial charge in [-0.25, -0.2) is 0 Å². The highest BCUT2D eigenvalue weighted by molar-refractivity contribution is 8.17. The third kappa shape index (κ3) is 5.17. The largest absolute Gasteiger partial charge is 0.335 e. The van der Waals surface area contributed by atoms with Crippen LogP contribution in [0.1, 0.15) is 17.5 Å². The highest BCUT2D eigenvalue weighted by atomic mass is 35.5. The first-order valence-electron chi connectivity index (χ1n) is 9.62. The zero-order valence-electron chi connectivity index (χ0n) is 16.4. The number of aryl methyl sites for hydroxylation is 1. The molecule has 0 aliphatic carbocycles. The zero-order chi connectivity index (χ0) is 18.8. The smallest absolute Gasteiger partial charge is 0.168 e. The molecule has 3 heterocycles. The van der Waals surface area contributed by atoms with Crippen LogP contribution < -0.4 is 5.32 Å². The fourth-order valence-electron chi connectivity index (χ4n) is 3.64. The molecule has 0 spiro atoms. The summed E-state index contributed by atoms with van der Waals surface area (Å²) < 4.78 is 0. The van der Waals surface area contributed by atoms with Gasteiger partial charge in [0.15, 0.2) is 10.3 Å². The lowest BCUT2D eigenvalue weighted by Gasteiger charge is -2.20. The van der Waals surface area contributed by atoms with Gasteiger partial charge in [-0.05, 0) is 35.4 Å². The number of hydrogen-bond donors (Lipinski definition) is 1. The van der Waals surface area contributed by atoms with E-state index in [1.165, 1.54) is 22.5 Å². The zero-order valence-corrected chi connectivity index (χ0v) is 19.6. The molecule has 2 aromatic rings. The summed E-state index contributed by atoms with van der Waals surface area (Å²) in [6.45, 7) is 1.77. The number of hydrogen-bond acceptors (Lipinski definition) is 6. The minimum Gasteiger partial charge on any atom is -0.335 e. The molecule has 0 amide bonds. The fraction of sp³-hybridized carbons (Fsp3) is 0.273. The second kappa shape index (κ2) is 10.6. The maximum atomic E-state index is 4.94. The van der Waals surface area contributed by atoms with Crippen LogP contribution in [0, 0.1) is 0 Å². The molecule has 0 bridgehead atoms. The number of fused-ring (bicyclic) bond motifs is 2. The molecule has 3 aliphatic heterocycles. The van der Waals surface area contributed by atoms with Gasteiger partial charge >= 0.3 is 0 Å². The summed E-state index contributed by atoms with van der Waals surface area (Å²) in [6.07, 6.45) is 2.20. The fourth-order valence-corrected chi connectivity index (χ4v) is 5.58. The Bertz CT molecular complexity index is 963. The number of halogens is 2. The van der Waals surface area contributed by atoms with E-state index in [1.807, 2.05) is 0 Å². The van der Waals surface area contributed by atoms with Crippen molar-refractivity contribution in [2.45, 2.75) is 25.4 Å². The van der Waals surface area contributed by atoms with E-state index >= 15 is 0 Å². The molecule has 1 N–H and O–H groups in total. The Labute approximate surface area is 198 Å². The van der Waals surface area contributed by atoms with Gasteiger partial charge in [-0.2, -0.15) is 0 Å². The van der Waals surface area contributed by atoms with Crippen molar-refractivity contribution in [2.75, 3.05) is 17.6 Å². The molecule has 4 nitrogen and oxygen atoms in total. The summed E-state index contributed by atoms with van der Waals surface area (Å²) in [6, 6.07) is 19.5. The molecule has 1 atom stereocenters. The number of anilines is 1. The van der Waals surface area contributed by atoms with E-state index in [1.54, 1.807) is 23.5 Å². The first kappa shape index (κ1) is 23.1. The van der Waals surface area contributed by atoms with E-state index in [-0.39, 0.29) is 24.8 Å².